The molecule has 2 aromatic rings. The second-order valence-corrected chi connectivity index (χ2v) is 10.3. The van der Waals surface area contributed by atoms with Crippen molar-refractivity contribution in [2.75, 3.05) is 34.4 Å². The number of hydrogen-bond acceptors (Lipinski definition) is 6. The van der Waals surface area contributed by atoms with E-state index in [-0.39, 0.29) is 18.4 Å². The first kappa shape index (κ1) is 30.0. The number of hydrogen-bond donors (Lipinski definition) is 1. The van der Waals surface area contributed by atoms with Gasteiger partial charge in [-0.2, -0.15) is 0 Å². The fourth-order valence-corrected chi connectivity index (χ4v) is 5.40. The fourth-order valence-electron chi connectivity index (χ4n) is 5.40. The van der Waals surface area contributed by atoms with Gasteiger partial charge in [0.25, 0.3) is 5.91 Å². The Morgan fingerprint density at radius 3 is 2.15 bits per heavy atom. The molecule has 2 amide bonds. The quantitative estimate of drug-likeness (QED) is 0.393. The van der Waals surface area contributed by atoms with Crippen LogP contribution in [0.15, 0.2) is 42.5 Å². The lowest BCUT2D eigenvalue weighted by molar-refractivity contribution is -0.153. The third-order valence-electron chi connectivity index (χ3n) is 7.85. The molecule has 3 rings (SSSR count). The zero-order chi connectivity index (χ0) is 28.4. The third kappa shape index (κ3) is 7.52. The number of benzene rings is 2. The number of rotatable bonds is 12. The monoisotopic (exact) mass is 538 g/mol. The van der Waals surface area contributed by atoms with E-state index in [4.69, 9.17) is 14.2 Å². The van der Waals surface area contributed by atoms with E-state index in [0.717, 1.165) is 36.8 Å². The number of carbonyl (C=O) groups excluding carboxylic acids is 3. The Balaban J connectivity index is 1.82. The molecule has 0 bridgehead atoms. The molecular weight excluding hydrogens is 496 g/mol. The Morgan fingerprint density at radius 2 is 1.62 bits per heavy atom. The molecule has 8 heteroatoms. The van der Waals surface area contributed by atoms with Crippen LogP contribution in [0.1, 0.15) is 66.9 Å². The molecule has 0 aromatic heterocycles. The zero-order valence-electron chi connectivity index (χ0n) is 23.9. The number of nitrogens with zero attached hydrogens (tertiary/aromatic N) is 1. The van der Waals surface area contributed by atoms with E-state index in [9.17, 15) is 14.4 Å². The molecule has 212 valence electrons. The first-order chi connectivity index (χ1) is 18.8. The number of nitrogens with one attached hydrogen (secondary N) is 1. The number of amides is 2. The van der Waals surface area contributed by atoms with E-state index >= 15 is 0 Å². The second-order valence-electron chi connectivity index (χ2n) is 10.3. The van der Waals surface area contributed by atoms with Gasteiger partial charge in [-0.15, -0.1) is 0 Å². The van der Waals surface area contributed by atoms with Gasteiger partial charge in [-0.05, 0) is 69.1 Å². The van der Waals surface area contributed by atoms with Crippen LogP contribution in [0.4, 0.5) is 0 Å². The normalized spacial score (nSPS) is 18.6. The number of carbonyl (C=O) groups is 3. The lowest BCUT2D eigenvalue weighted by atomic mass is 9.75. The minimum atomic E-state index is -1.06. The highest BCUT2D eigenvalue weighted by Crippen LogP contribution is 2.35. The summed E-state index contributed by atoms with van der Waals surface area (Å²) in [5.41, 5.74) is 1.25. The van der Waals surface area contributed by atoms with Crippen LogP contribution in [0.25, 0.3) is 0 Å². The lowest BCUT2D eigenvalue weighted by Gasteiger charge is -2.38. The van der Waals surface area contributed by atoms with Crippen molar-refractivity contribution in [1.82, 2.24) is 10.2 Å². The summed E-state index contributed by atoms with van der Waals surface area (Å²) in [6.45, 7) is 4.18. The number of methoxy groups -OCH3 is 3. The molecular formula is C31H42N2O6. The van der Waals surface area contributed by atoms with Crippen LogP contribution in [0.5, 0.6) is 11.5 Å². The van der Waals surface area contributed by atoms with Gasteiger partial charge in [-0.3, -0.25) is 9.59 Å². The maximum atomic E-state index is 13.8. The van der Waals surface area contributed by atoms with E-state index in [2.05, 4.69) is 12.2 Å². The Bertz CT molecular complexity index is 1100. The maximum absolute atomic E-state index is 13.8. The van der Waals surface area contributed by atoms with E-state index in [1.165, 1.54) is 12.0 Å². The molecule has 0 unspecified atom stereocenters. The van der Waals surface area contributed by atoms with Crippen LogP contribution >= 0.6 is 0 Å². The molecule has 0 heterocycles. The molecule has 0 aliphatic heterocycles. The first-order valence-electron chi connectivity index (χ1n) is 13.7. The van der Waals surface area contributed by atoms with Gasteiger partial charge in [0.2, 0.25) is 5.91 Å². The molecule has 1 N–H and O–H groups in total. The third-order valence-corrected chi connectivity index (χ3v) is 7.85. The largest absolute Gasteiger partial charge is 0.496 e. The van der Waals surface area contributed by atoms with Crippen molar-refractivity contribution >= 4 is 17.8 Å². The fraction of sp³-hybridized carbons (Fsp3) is 0.516. The summed E-state index contributed by atoms with van der Waals surface area (Å²) in [6.07, 6.45) is 5.21. The molecule has 0 radical (unpaired) electrons. The van der Waals surface area contributed by atoms with Crippen LogP contribution in [0.2, 0.25) is 0 Å². The van der Waals surface area contributed by atoms with Crippen molar-refractivity contribution in [2.45, 2.75) is 64.3 Å². The van der Waals surface area contributed by atoms with Crippen molar-refractivity contribution < 1.29 is 28.6 Å². The van der Waals surface area contributed by atoms with Gasteiger partial charge in [0.05, 0.1) is 27.9 Å². The average molecular weight is 539 g/mol. The predicted octanol–water partition coefficient (Wildman–Crippen LogP) is 4.72. The standard InChI is InChI=1S/C31H42N2O6/c1-6-23-14-16-31(17-15-23,30(36)39-5)32-28(34)21-33(18-10-13-24-11-8-7-9-12-24)29(35)25-19-26(37-3)22(2)27(20-25)38-4/h7-9,11-12,19-20,23H,6,10,13-18,21H2,1-5H3,(H,32,34). The van der Waals surface area contributed by atoms with Crippen LogP contribution in [0, 0.1) is 12.8 Å². The lowest BCUT2D eigenvalue weighted by Crippen LogP contribution is -2.58. The van der Waals surface area contributed by atoms with Gasteiger partial charge in [-0.1, -0.05) is 43.7 Å². The molecule has 0 saturated heterocycles. The summed E-state index contributed by atoms with van der Waals surface area (Å²) < 4.78 is 16.0. The van der Waals surface area contributed by atoms with Gasteiger partial charge in [0, 0.05) is 17.7 Å². The molecule has 1 saturated carbocycles. The van der Waals surface area contributed by atoms with Gasteiger partial charge < -0.3 is 24.4 Å². The van der Waals surface area contributed by atoms with Crippen molar-refractivity contribution in [2.24, 2.45) is 5.92 Å². The summed E-state index contributed by atoms with van der Waals surface area (Å²) in [4.78, 5) is 41.5. The summed E-state index contributed by atoms with van der Waals surface area (Å²) >= 11 is 0. The second kappa shape index (κ2) is 14.0. The number of esters is 1. The summed E-state index contributed by atoms with van der Waals surface area (Å²) in [6, 6.07) is 13.4. The van der Waals surface area contributed by atoms with E-state index < -0.39 is 11.5 Å². The smallest absolute Gasteiger partial charge is 0.331 e. The Hall–Kier alpha value is -3.55. The summed E-state index contributed by atoms with van der Waals surface area (Å²) in [7, 11) is 4.43. The van der Waals surface area contributed by atoms with E-state index in [1.54, 1.807) is 26.4 Å². The zero-order valence-corrected chi connectivity index (χ0v) is 23.9. The SMILES string of the molecule is CCC1CCC(NC(=O)CN(CCCc2ccccc2)C(=O)c2cc(OC)c(C)c(OC)c2)(C(=O)OC)CC1. The van der Waals surface area contributed by atoms with Crippen molar-refractivity contribution in [3.05, 3.63) is 59.2 Å². The number of aryl methyl sites for hydroxylation is 1. The van der Waals surface area contributed by atoms with Crippen LogP contribution < -0.4 is 14.8 Å². The Labute approximate surface area is 232 Å². The highest BCUT2D eigenvalue weighted by Gasteiger charge is 2.44. The molecule has 1 fully saturated rings. The average Bonchev–Trinajstić information content (AvgIpc) is 2.96. The Kier molecular flexibility index (Phi) is 10.8. The first-order valence-corrected chi connectivity index (χ1v) is 13.7. The summed E-state index contributed by atoms with van der Waals surface area (Å²) in [5.74, 6) is 0.473. The highest BCUT2D eigenvalue weighted by molar-refractivity contribution is 5.98. The molecule has 8 nitrogen and oxygen atoms in total. The minimum Gasteiger partial charge on any atom is -0.496 e. The van der Waals surface area contributed by atoms with Gasteiger partial charge in [0.15, 0.2) is 0 Å². The summed E-state index contributed by atoms with van der Waals surface area (Å²) in [5, 5.41) is 2.97. The topological polar surface area (TPSA) is 94.2 Å². The molecule has 1 aliphatic rings. The van der Waals surface area contributed by atoms with Gasteiger partial charge >= 0.3 is 5.97 Å². The van der Waals surface area contributed by atoms with Crippen LogP contribution in [-0.2, 0) is 20.7 Å². The molecule has 2 aromatic carbocycles. The van der Waals surface area contributed by atoms with E-state index in [1.807, 2.05) is 37.3 Å². The van der Waals surface area contributed by atoms with Crippen molar-refractivity contribution in [1.29, 1.82) is 0 Å². The maximum Gasteiger partial charge on any atom is 0.331 e. The minimum absolute atomic E-state index is 0.178. The van der Waals surface area contributed by atoms with Crippen LogP contribution in [-0.4, -0.2) is 62.6 Å². The van der Waals surface area contributed by atoms with Gasteiger partial charge in [0.1, 0.15) is 17.0 Å². The van der Waals surface area contributed by atoms with E-state index in [0.29, 0.717) is 48.8 Å². The molecule has 0 spiro atoms. The molecule has 1 aliphatic carbocycles. The van der Waals surface area contributed by atoms with Crippen molar-refractivity contribution in [3.8, 4) is 11.5 Å². The Morgan fingerprint density at radius 1 is 1.00 bits per heavy atom. The van der Waals surface area contributed by atoms with Crippen molar-refractivity contribution in [3.63, 3.8) is 0 Å². The highest BCUT2D eigenvalue weighted by atomic mass is 16.5. The molecule has 0 atom stereocenters. The van der Waals surface area contributed by atoms with Crippen LogP contribution in [0.3, 0.4) is 0 Å². The molecule has 39 heavy (non-hydrogen) atoms. The predicted molar refractivity (Wildman–Crippen MR) is 150 cm³/mol. The van der Waals surface area contributed by atoms with Gasteiger partial charge in [-0.25, -0.2) is 4.79 Å². The number of ether oxygens (including phenoxy) is 3.